The molecule has 0 N–H and O–H groups in total. The number of carbonyl (C=O) groups is 1. The van der Waals surface area contributed by atoms with Gasteiger partial charge in [-0.15, -0.1) is 0 Å². The van der Waals surface area contributed by atoms with Crippen molar-refractivity contribution in [2.24, 2.45) is 0 Å². The third kappa shape index (κ3) is 3.15. The van der Waals surface area contributed by atoms with Crippen LogP contribution in [-0.4, -0.2) is 37.0 Å². The molecule has 0 saturated carbocycles. The predicted octanol–water partition coefficient (Wildman–Crippen LogP) is 3.22. The highest BCUT2D eigenvalue weighted by Crippen LogP contribution is 2.19. The minimum Gasteiger partial charge on any atom is -0.368 e. The van der Waals surface area contributed by atoms with E-state index in [0.29, 0.717) is 23.4 Å². The Morgan fingerprint density at radius 3 is 2.32 bits per heavy atom. The van der Waals surface area contributed by atoms with Gasteiger partial charge in [0.1, 0.15) is 0 Å². The number of para-hydroxylation sites is 1. The van der Waals surface area contributed by atoms with E-state index in [2.05, 4.69) is 17.0 Å². The number of carbonyl (C=O) groups excluding carboxylic acids is 1. The van der Waals surface area contributed by atoms with Gasteiger partial charge in [0, 0.05) is 37.3 Å². The van der Waals surface area contributed by atoms with Crippen LogP contribution in [0.2, 0.25) is 0 Å². The number of rotatable bonds is 2. The van der Waals surface area contributed by atoms with Gasteiger partial charge in [0.05, 0.1) is 4.88 Å². The number of piperazine rings is 1. The van der Waals surface area contributed by atoms with Crippen LogP contribution in [0.4, 0.5) is 5.69 Å². The largest absolute Gasteiger partial charge is 0.368 e. The smallest absolute Gasteiger partial charge is 0.264 e. The van der Waals surface area contributed by atoms with Crippen LogP contribution in [-0.2, 0) is 0 Å². The summed E-state index contributed by atoms with van der Waals surface area (Å²) in [5.74, 6) is -0.0411. The second-order valence-electron chi connectivity index (χ2n) is 6.10. The molecule has 5 heteroatoms. The Labute approximate surface area is 149 Å². The van der Waals surface area contributed by atoms with Gasteiger partial charge < -0.3 is 9.80 Å². The molecule has 1 aliphatic heterocycles. The molecule has 0 spiro atoms. The van der Waals surface area contributed by atoms with Crippen molar-refractivity contribution in [2.75, 3.05) is 31.1 Å². The lowest BCUT2D eigenvalue weighted by atomic mass is 10.2. The minimum atomic E-state index is -0.0515. The van der Waals surface area contributed by atoms with Crippen LogP contribution in [0.1, 0.15) is 9.67 Å². The van der Waals surface area contributed by atoms with E-state index in [-0.39, 0.29) is 10.6 Å². The zero-order chi connectivity index (χ0) is 17.2. The van der Waals surface area contributed by atoms with Crippen molar-refractivity contribution >= 4 is 33.7 Å². The van der Waals surface area contributed by atoms with Crippen molar-refractivity contribution < 1.29 is 4.79 Å². The zero-order valence-electron chi connectivity index (χ0n) is 13.7. The molecular formula is C20H18N2O2S. The molecule has 2 heterocycles. The molecular weight excluding hydrogens is 332 g/mol. The SMILES string of the molecule is O=C(c1cc2ccccc2c(=O)s1)N1CCN(c2ccccc2)CC1. The molecule has 4 rings (SSSR count). The maximum atomic E-state index is 12.8. The number of fused-ring (bicyclic) bond motifs is 1. The lowest BCUT2D eigenvalue weighted by molar-refractivity contribution is 0.0751. The monoisotopic (exact) mass is 350 g/mol. The van der Waals surface area contributed by atoms with Crippen LogP contribution in [0.15, 0.2) is 65.5 Å². The second kappa shape index (κ2) is 6.69. The van der Waals surface area contributed by atoms with Crippen molar-refractivity contribution in [3.63, 3.8) is 0 Å². The molecule has 1 amide bonds. The molecule has 3 aromatic rings. The molecule has 2 aromatic carbocycles. The lowest BCUT2D eigenvalue weighted by Gasteiger charge is -2.36. The van der Waals surface area contributed by atoms with Crippen LogP contribution in [0.5, 0.6) is 0 Å². The van der Waals surface area contributed by atoms with Crippen LogP contribution < -0.4 is 9.64 Å². The van der Waals surface area contributed by atoms with Crippen molar-refractivity contribution in [3.05, 3.63) is 75.1 Å². The van der Waals surface area contributed by atoms with Crippen LogP contribution >= 0.6 is 11.3 Å². The first kappa shape index (κ1) is 15.8. The van der Waals surface area contributed by atoms with E-state index < -0.39 is 0 Å². The fourth-order valence-corrected chi connectivity index (χ4v) is 4.10. The van der Waals surface area contributed by atoms with E-state index in [1.165, 1.54) is 5.69 Å². The van der Waals surface area contributed by atoms with Gasteiger partial charge in [0.15, 0.2) is 0 Å². The molecule has 1 aromatic heterocycles. The third-order valence-corrected chi connectivity index (χ3v) is 5.49. The van der Waals surface area contributed by atoms with Gasteiger partial charge in [-0.1, -0.05) is 47.7 Å². The third-order valence-electron chi connectivity index (χ3n) is 4.57. The van der Waals surface area contributed by atoms with E-state index in [0.717, 1.165) is 29.8 Å². The van der Waals surface area contributed by atoms with Crippen molar-refractivity contribution in [3.8, 4) is 0 Å². The molecule has 0 aliphatic carbocycles. The van der Waals surface area contributed by atoms with Crippen molar-refractivity contribution in [2.45, 2.75) is 0 Å². The average Bonchev–Trinajstić information content (AvgIpc) is 2.68. The van der Waals surface area contributed by atoms with E-state index in [4.69, 9.17) is 0 Å². The van der Waals surface area contributed by atoms with Crippen LogP contribution in [0, 0.1) is 0 Å². The van der Waals surface area contributed by atoms with Gasteiger partial charge in [-0.05, 0) is 29.7 Å². The van der Waals surface area contributed by atoms with Crippen LogP contribution in [0.25, 0.3) is 10.8 Å². The summed E-state index contributed by atoms with van der Waals surface area (Å²) in [5, 5.41) is 1.51. The number of hydrogen-bond acceptors (Lipinski definition) is 4. The standard InChI is InChI=1S/C20H18N2O2S/c23-19(18-14-15-6-4-5-9-17(15)20(24)25-18)22-12-10-21(11-13-22)16-7-2-1-3-8-16/h1-9,14H,10-13H2. The number of amides is 1. The molecule has 0 atom stereocenters. The molecule has 4 nitrogen and oxygen atoms in total. The summed E-state index contributed by atoms with van der Waals surface area (Å²) in [6.45, 7) is 2.94. The van der Waals surface area contributed by atoms with Crippen molar-refractivity contribution in [1.82, 2.24) is 4.90 Å². The maximum absolute atomic E-state index is 12.8. The van der Waals surface area contributed by atoms with E-state index in [9.17, 15) is 9.59 Å². The van der Waals surface area contributed by atoms with Crippen LogP contribution in [0.3, 0.4) is 0 Å². The highest BCUT2D eigenvalue weighted by molar-refractivity contribution is 7.12. The Balaban J connectivity index is 1.52. The number of hydrogen-bond donors (Lipinski definition) is 0. The Hall–Kier alpha value is -2.66. The van der Waals surface area contributed by atoms with Crippen molar-refractivity contribution in [1.29, 1.82) is 0 Å². The number of nitrogens with zero attached hydrogens (tertiary/aromatic N) is 2. The molecule has 1 saturated heterocycles. The summed E-state index contributed by atoms with van der Waals surface area (Å²) >= 11 is 1.05. The molecule has 0 unspecified atom stereocenters. The minimum absolute atomic E-state index is 0.0411. The van der Waals surface area contributed by atoms with Gasteiger partial charge >= 0.3 is 0 Å². The summed E-state index contributed by atoms with van der Waals surface area (Å²) in [7, 11) is 0. The van der Waals surface area contributed by atoms with Gasteiger partial charge in [-0.25, -0.2) is 0 Å². The Bertz CT molecular complexity index is 960. The van der Waals surface area contributed by atoms with Gasteiger partial charge in [0.25, 0.3) is 5.91 Å². The summed E-state index contributed by atoms with van der Waals surface area (Å²) in [5.41, 5.74) is 1.19. The topological polar surface area (TPSA) is 40.6 Å². The van der Waals surface area contributed by atoms with E-state index >= 15 is 0 Å². The predicted molar refractivity (Wildman–Crippen MR) is 103 cm³/mol. The number of anilines is 1. The quantitative estimate of drug-likeness (QED) is 0.712. The summed E-state index contributed by atoms with van der Waals surface area (Å²) in [4.78, 5) is 29.7. The second-order valence-corrected chi connectivity index (χ2v) is 7.11. The molecule has 0 radical (unpaired) electrons. The highest BCUT2D eigenvalue weighted by Gasteiger charge is 2.23. The lowest BCUT2D eigenvalue weighted by Crippen LogP contribution is -2.48. The Morgan fingerprint density at radius 2 is 1.56 bits per heavy atom. The molecule has 1 fully saturated rings. The van der Waals surface area contributed by atoms with Gasteiger partial charge in [-0.2, -0.15) is 0 Å². The molecule has 126 valence electrons. The fourth-order valence-electron chi connectivity index (χ4n) is 3.20. The normalized spacial score (nSPS) is 14.7. The summed E-state index contributed by atoms with van der Waals surface area (Å²) in [6.07, 6.45) is 0. The maximum Gasteiger partial charge on any atom is 0.264 e. The first-order valence-electron chi connectivity index (χ1n) is 8.34. The number of benzene rings is 2. The average molecular weight is 350 g/mol. The summed E-state index contributed by atoms with van der Waals surface area (Å²) in [6, 6.07) is 19.5. The summed E-state index contributed by atoms with van der Waals surface area (Å²) < 4.78 is -0.0515. The first-order chi connectivity index (χ1) is 12.2. The Kier molecular flexibility index (Phi) is 4.24. The zero-order valence-corrected chi connectivity index (χ0v) is 14.5. The van der Waals surface area contributed by atoms with Gasteiger partial charge in [-0.3, -0.25) is 9.59 Å². The molecule has 0 bridgehead atoms. The molecule has 1 aliphatic rings. The highest BCUT2D eigenvalue weighted by atomic mass is 32.1. The Morgan fingerprint density at radius 1 is 0.880 bits per heavy atom. The van der Waals surface area contributed by atoms with E-state index in [1.807, 2.05) is 47.4 Å². The first-order valence-corrected chi connectivity index (χ1v) is 9.16. The van der Waals surface area contributed by atoms with Gasteiger partial charge in [0.2, 0.25) is 4.74 Å². The fraction of sp³-hybridized carbons (Fsp3) is 0.200. The molecule has 25 heavy (non-hydrogen) atoms. The van der Waals surface area contributed by atoms with E-state index in [1.54, 1.807) is 6.07 Å².